The first kappa shape index (κ1) is 21.8. The maximum atomic E-state index is 13.3. The summed E-state index contributed by atoms with van der Waals surface area (Å²) >= 11 is 4.49. The average molecular weight is 413 g/mol. The molecule has 1 rings (SSSR count). The average Bonchev–Trinajstić information content (AvgIpc) is 2.54. The van der Waals surface area contributed by atoms with Crippen LogP contribution in [0.1, 0.15) is 0 Å². The molecule has 1 aromatic rings. The summed E-state index contributed by atoms with van der Waals surface area (Å²) in [5.74, 6) is -23.0. The predicted molar refractivity (Wildman–Crippen MR) is 74.7 cm³/mol. The Hall–Kier alpha value is -2.25. The monoisotopic (exact) mass is 413 g/mol. The van der Waals surface area contributed by atoms with Crippen molar-refractivity contribution in [3.8, 4) is 0 Å². The molecule has 0 heterocycles. The number of rotatable bonds is 5. The normalized spacial score (nSPS) is 12.7. The van der Waals surface area contributed by atoms with Gasteiger partial charge in [0, 0.05) is 5.69 Å². The lowest BCUT2D eigenvalue weighted by molar-refractivity contribution is -0.327. The Balaban J connectivity index is 2.76. The van der Waals surface area contributed by atoms with Crippen molar-refractivity contribution in [3.63, 3.8) is 0 Å². The van der Waals surface area contributed by atoms with Crippen LogP contribution in [-0.4, -0.2) is 35.2 Å². The number of carbonyl (C=O) groups is 1. The zero-order valence-corrected chi connectivity index (χ0v) is 12.9. The minimum Gasteiger partial charge on any atom is -0.331 e. The molecule has 1 aromatic carbocycles. The van der Waals surface area contributed by atoms with E-state index in [0.717, 1.165) is 29.7 Å². The standard InChI is InChI=1S/C12H8F9N3OS/c13-5-1-3-6(4-2-5)22-9(26)24-23-8(25)11(18,19)12(20,21)10(16,17)7(14)15/h1-4,7H,(H,23,25)(H2,22,24,26). The van der Waals surface area contributed by atoms with Crippen LogP contribution in [0.25, 0.3) is 0 Å². The van der Waals surface area contributed by atoms with E-state index < -0.39 is 41.0 Å². The van der Waals surface area contributed by atoms with Crippen molar-refractivity contribution in [3.05, 3.63) is 30.1 Å². The maximum Gasteiger partial charge on any atom is 0.394 e. The fourth-order valence-electron chi connectivity index (χ4n) is 1.38. The van der Waals surface area contributed by atoms with E-state index in [0.29, 0.717) is 0 Å². The number of alkyl halides is 8. The second-order valence-corrected chi connectivity index (χ2v) is 5.02. The number of hydrogen-bond donors (Lipinski definition) is 3. The molecule has 0 atom stereocenters. The van der Waals surface area contributed by atoms with Gasteiger partial charge in [-0.05, 0) is 36.5 Å². The topological polar surface area (TPSA) is 53.2 Å². The van der Waals surface area contributed by atoms with Crippen LogP contribution in [-0.2, 0) is 4.79 Å². The first-order valence-electron chi connectivity index (χ1n) is 6.28. The van der Waals surface area contributed by atoms with E-state index in [9.17, 15) is 44.3 Å². The number of hydrazine groups is 1. The van der Waals surface area contributed by atoms with Gasteiger partial charge < -0.3 is 5.32 Å². The van der Waals surface area contributed by atoms with Gasteiger partial charge in [-0.2, -0.15) is 26.3 Å². The van der Waals surface area contributed by atoms with Crippen LogP contribution >= 0.6 is 12.2 Å². The molecule has 26 heavy (non-hydrogen) atoms. The van der Waals surface area contributed by atoms with Crippen molar-refractivity contribution in [2.24, 2.45) is 0 Å². The summed E-state index contributed by atoms with van der Waals surface area (Å²) in [4.78, 5) is 11.1. The Morgan fingerprint density at radius 3 is 1.92 bits per heavy atom. The first-order valence-corrected chi connectivity index (χ1v) is 6.69. The van der Waals surface area contributed by atoms with E-state index in [2.05, 4.69) is 17.5 Å². The molecule has 0 bridgehead atoms. The van der Waals surface area contributed by atoms with E-state index >= 15 is 0 Å². The summed E-state index contributed by atoms with van der Waals surface area (Å²) in [6.45, 7) is 0. The Morgan fingerprint density at radius 2 is 1.46 bits per heavy atom. The number of anilines is 1. The van der Waals surface area contributed by atoms with Crippen LogP contribution in [0, 0.1) is 5.82 Å². The van der Waals surface area contributed by atoms with E-state index in [-0.39, 0.29) is 5.69 Å². The fraction of sp³-hybridized carbons (Fsp3) is 0.333. The van der Waals surface area contributed by atoms with E-state index in [1.54, 1.807) is 0 Å². The maximum absolute atomic E-state index is 13.3. The van der Waals surface area contributed by atoms with Crippen molar-refractivity contribution >= 4 is 28.9 Å². The molecule has 14 heteroatoms. The summed E-state index contributed by atoms with van der Waals surface area (Å²) < 4.78 is 114. The van der Waals surface area contributed by atoms with Gasteiger partial charge in [-0.25, -0.2) is 13.2 Å². The number of thiocarbonyl (C=S) groups is 1. The van der Waals surface area contributed by atoms with Crippen LogP contribution in [0.2, 0.25) is 0 Å². The van der Waals surface area contributed by atoms with Crippen molar-refractivity contribution in [1.29, 1.82) is 0 Å². The van der Waals surface area contributed by atoms with Gasteiger partial charge in [0.1, 0.15) is 5.82 Å². The summed E-state index contributed by atoms with van der Waals surface area (Å²) in [6.07, 6.45) is -5.15. The Labute approximate surface area is 144 Å². The quantitative estimate of drug-likeness (QED) is 0.394. The third kappa shape index (κ3) is 4.28. The van der Waals surface area contributed by atoms with Crippen LogP contribution in [0.4, 0.5) is 45.2 Å². The van der Waals surface area contributed by atoms with Crippen molar-refractivity contribution in [2.75, 3.05) is 5.32 Å². The molecule has 0 spiro atoms. The molecule has 0 saturated carbocycles. The largest absolute Gasteiger partial charge is 0.394 e. The number of nitrogens with one attached hydrogen (secondary N) is 3. The molecule has 0 unspecified atom stereocenters. The lowest BCUT2D eigenvalue weighted by Gasteiger charge is -2.31. The van der Waals surface area contributed by atoms with Crippen LogP contribution in [0.5, 0.6) is 0 Å². The molecule has 0 aromatic heterocycles. The summed E-state index contributed by atoms with van der Waals surface area (Å²) in [5, 5.41) is 1.53. The van der Waals surface area contributed by atoms with Gasteiger partial charge in [0.25, 0.3) is 0 Å². The Morgan fingerprint density at radius 1 is 0.962 bits per heavy atom. The summed E-state index contributed by atoms with van der Waals surface area (Å²) in [6, 6.07) is 4.17. The molecular formula is C12H8F9N3OS. The van der Waals surface area contributed by atoms with Crippen LogP contribution < -0.4 is 16.2 Å². The fourth-order valence-corrected chi connectivity index (χ4v) is 1.55. The van der Waals surface area contributed by atoms with Crippen LogP contribution in [0.3, 0.4) is 0 Å². The van der Waals surface area contributed by atoms with Crippen molar-refractivity contribution in [2.45, 2.75) is 24.2 Å². The first-order chi connectivity index (χ1) is 11.7. The molecule has 146 valence electrons. The molecule has 0 aliphatic rings. The minimum atomic E-state index is -6.69. The molecule has 3 N–H and O–H groups in total. The zero-order valence-electron chi connectivity index (χ0n) is 12.1. The number of carbonyl (C=O) groups excluding carboxylic acids is 1. The lowest BCUT2D eigenvalue weighted by atomic mass is 10.0. The molecule has 0 saturated heterocycles. The summed E-state index contributed by atoms with van der Waals surface area (Å²) in [7, 11) is 0. The summed E-state index contributed by atoms with van der Waals surface area (Å²) in [5.41, 5.74) is 2.47. The third-order valence-electron chi connectivity index (χ3n) is 2.76. The second kappa shape index (κ2) is 7.55. The van der Waals surface area contributed by atoms with Gasteiger partial charge in [-0.15, -0.1) is 0 Å². The van der Waals surface area contributed by atoms with Gasteiger partial charge >= 0.3 is 30.1 Å². The number of benzene rings is 1. The molecule has 0 aliphatic carbocycles. The highest BCUT2D eigenvalue weighted by Crippen LogP contribution is 2.48. The molecule has 0 aliphatic heterocycles. The predicted octanol–water partition coefficient (Wildman–Crippen LogP) is 3.31. The SMILES string of the molecule is O=C(NNC(=S)Nc1ccc(F)cc1)C(F)(F)C(F)(F)C(F)(F)C(F)F. The van der Waals surface area contributed by atoms with E-state index in [1.807, 2.05) is 0 Å². The third-order valence-corrected chi connectivity index (χ3v) is 2.97. The van der Waals surface area contributed by atoms with Crippen molar-refractivity contribution < 1.29 is 44.3 Å². The zero-order chi connectivity index (χ0) is 20.3. The highest BCUT2D eigenvalue weighted by atomic mass is 32.1. The second-order valence-electron chi connectivity index (χ2n) is 4.61. The number of halogens is 9. The molecule has 1 amide bonds. The number of hydrogen-bond acceptors (Lipinski definition) is 2. The lowest BCUT2D eigenvalue weighted by Crippen LogP contribution is -2.64. The minimum absolute atomic E-state index is 0.0828. The smallest absolute Gasteiger partial charge is 0.331 e. The molecular weight excluding hydrogens is 405 g/mol. The van der Waals surface area contributed by atoms with Gasteiger partial charge in [0.2, 0.25) is 0 Å². The van der Waals surface area contributed by atoms with E-state index in [4.69, 9.17) is 0 Å². The molecule has 0 radical (unpaired) electrons. The highest BCUT2D eigenvalue weighted by Gasteiger charge is 2.78. The Bertz CT molecular complexity index is 666. The van der Waals surface area contributed by atoms with Gasteiger partial charge in [-0.3, -0.25) is 15.6 Å². The number of amides is 1. The molecule has 0 fully saturated rings. The van der Waals surface area contributed by atoms with E-state index in [1.165, 1.54) is 5.43 Å². The van der Waals surface area contributed by atoms with Crippen molar-refractivity contribution in [1.82, 2.24) is 10.9 Å². The van der Waals surface area contributed by atoms with Gasteiger partial charge in [0.15, 0.2) is 5.11 Å². The molecule has 4 nitrogen and oxygen atoms in total. The Kier molecular flexibility index (Phi) is 6.33. The van der Waals surface area contributed by atoms with Crippen LogP contribution in [0.15, 0.2) is 24.3 Å². The van der Waals surface area contributed by atoms with Gasteiger partial charge in [0.05, 0.1) is 0 Å². The highest BCUT2D eigenvalue weighted by molar-refractivity contribution is 7.80. The van der Waals surface area contributed by atoms with Gasteiger partial charge in [-0.1, -0.05) is 0 Å².